The first-order valence-corrected chi connectivity index (χ1v) is 6.49. The van der Waals surface area contributed by atoms with Crippen LogP contribution >= 0.6 is 0 Å². The topological polar surface area (TPSA) is 78.4 Å². The van der Waals surface area contributed by atoms with Crippen molar-refractivity contribution in [1.82, 2.24) is 10.6 Å². The van der Waals surface area contributed by atoms with Gasteiger partial charge in [-0.2, -0.15) is 0 Å². The summed E-state index contributed by atoms with van der Waals surface area (Å²) in [7, 11) is 0. The number of carboxylic acid groups (broad SMARTS) is 1. The minimum absolute atomic E-state index is 0.144. The Kier molecular flexibility index (Phi) is 5.50. The van der Waals surface area contributed by atoms with Crippen LogP contribution in [0, 0.1) is 5.92 Å². The summed E-state index contributed by atoms with van der Waals surface area (Å²) in [6.45, 7) is 1.97. The van der Waals surface area contributed by atoms with Gasteiger partial charge in [-0.25, -0.2) is 18.4 Å². The molecule has 0 aromatic heterocycles. The zero-order chi connectivity index (χ0) is 14.5. The molecule has 2 atom stereocenters. The van der Waals surface area contributed by atoms with Crippen molar-refractivity contribution >= 4 is 12.0 Å². The van der Waals surface area contributed by atoms with Crippen molar-refractivity contribution in [2.45, 2.75) is 51.0 Å². The molecule has 1 fully saturated rings. The second-order valence-electron chi connectivity index (χ2n) is 5.00. The molecule has 2 unspecified atom stereocenters. The summed E-state index contributed by atoms with van der Waals surface area (Å²) < 4.78 is 25.9. The van der Waals surface area contributed by atoms with Crippen LogP contribution in [0.25, 0.3) is 0 Å². The van der Waals surface area contributed by atoms with E-state index in [2.05, 4.69) is 10.6 Å². The summed E-state index contributed by atoms with van der Waals surface area (Å²) in [5.74, 6) is -3.96. The summed E-state index contributed by atoms with van der Waals surface area (Å²) in [6, 6.07) is -1.55. The van der Waals surface area contributed by atoms with Crippen molar-refractivity contribution in [3.63, 3.8) is 0 Å². The largest absolute Gasteiger partial charge is 0.480 e. The van der Waals surface area contributed by atoms with Gasteiger partial charge < -0.3 is 15.7 Å². The number of amides is 2. The van der Waals surface area contributed by atoms with Gasteiger partial charge in [0, 0.05) is 19.4 Å². The summed E-state index contributed by atoms with van der Waals surface area (Å²) in [5.41, 5.74) is 0. The molecule has 0 aromatic rings. The molecule has 0 bridgehead atoms. The first-order valence-electron chi connectivity index (χ1n) is 6.49. The average Bonchev–Trinajstić information content (AvgIpc) is 2.66. The smallest absolute Gasteiger partial charge is 0.326 e. The predicted molar refractivity (Wildman–Crippen MR) is 65.2 cm³/mol. The van der Waals surface area contributed by atoms with E-state index >= 15 is 0 Å². The number of aliphatic carboxylic acids is 1. The zero-order valence-electron chi connectivity index (χ0n) is 10.9. The van der Waals surface area contributed by atoms with Crippen molar-refractivity contribution < 1.29 is 23.5 Å². The molecule has 3 N–H and O–H groups in total. The minimum Gasteiger partial charge on any atom is -0.480 e. The number of hydrogen-bond acceptors (Lipinski definition) is 2. The van der Waals surface area contributed by atoms with Crippen molar-refractivity contribution in [2.75, 3.05) is 6.54 Å². The van der Waals surface area contributed by atoms with Gasteiger partial charge in [-0.3, -0.25) is 0 Å². The second-order valence-corrected chi connectivity index (χ2v) is 5.00. The van der Waals surface area contributed by atoms with Crippen LogP contribution in [0.5, 0.6) is 0 Å². The SMILES string of the molecule is CCCC(NC(=O)NCC1CCC(F)(F)C1)C(=O)O. The highest BCUT2D eigenvalue weighted by Gasteiger charge is 2.39. The molecular weight excluding hydrogens is 258 g/mol. The lowest BCUT2D eigenvalue weighted by Crippen LogP contribution is -2.46. The Morgan fingerprint density at radius 2 is 2.16 bits per heavy atom. The van der Waals surface area contributed by atoms with Gasteiger partial charge in [0.25, 0.3) is 0 Å². The van der Waals surface area contributed by atoms with Gasteiger partial charge in [0.2, 0.25) is 5.92 Å². The lowest BCUT2D eigenvalue weighted by atomic mass is 10.1. The molecule has 1 saturated carbocycles. The molecular formula is C12H20F2N2O3. The molecule has 2 amide bonds. The van der Waals surface area contributed by atoms with Crippen LogP contribution in [0.1, 0.15) is 39.0 Å². The fraction of sp³-hybridized carbons (Fsp3) is 0.833. The number of carbonyl (C=O) groups is 2. The number of urea groups is 1. The standard InChI is InChI=1S/C12H20F2N2O3/c1-2-3-9(10(17)18)16-11(19)15-7-8-4-5-12(13,14)6-8/h8-9H,2-7H2,1H3,(H,17,18)(H2,15,16,19). The maximum absolute atomic E-state index is 12.9. The predicted octanol–water partition coefficient (Wildman–Crippen LogP) is 1.97. The zero-order valence-corrected chi connectivity index (χ0v) is 10.9. The number of carboxylic acids is 1. The Morgan fingerprint density at radius 1 is 1.47 bits per heavy atom. The van der Waals surface area contributed by atoms with Crippen LogP contribution in [0.15, 0.2) is 0 Å². The minimum atomic E-state index is -2.63. The van der Waals surface area contributed by atoms with E-state index in [-0.39, 0.29) is 25.3 Å². The van der Waals surface area contributed by atoms with E-state index in [0.717, 1.165) is 0 Å². The van der Waals surface area contributed by atoms with Crippen LogP contribution in [-0.4, -0.2) is 35.6 Å². The summed E-state index contributed by atoms with van der Waals surface area (Å²) in [4.78, 5) is 22.3. The van der Waals surface area contributed by atoms with Gasteiger partial charge in [0.1, 0.15) is 6.04 Å². The van der Waals surface area contributed by atoms with E-state index in [9.17, 15) is 18.4 Å². The monoisotopic (exact) mass is 278 g/mol. The van der Waals surface area contributed by atoms with Crippen molar-refractivity contribution in [2.24, 2.45) is 5.92 Å². The number of rotatable bonds is 6. The Labute approximate surface area is 110 Å². The van der Waals surface area contributed by atoms with E-state index < -0.39 is 24.0 Å². The number of carbonyl (C=O) groups excluding carboxylic acids is 1. The van der Waals surface area contributed by atoms with Crippen molar-refractivity contribution in [3.8, 4) is 0 Å². The third kappa shape index (κ3) is 5.40. The molecule has 0 spiro atoms. The van der Waals surface area contributed by atoms with Crippen molar-refractivity contribution in [1.29, 1.82) is 0 Å². The van der Waals surface area contributed by atoms with Crippen LogP contribution in [0.2, 0.25) is 0 Å². The third-order valence-corrected chi connectivity index (χ3v) is 3.24. The van der Waals surface area contributed by atoms with Crippen LogP contribution in [0.4, 0.5) is 13.6 Å². The highest BCUT2D eigenvalue weighted by atomic mass is 19.3. The van der Waals surface area contributed by atoms with E-state index in [4.69, 9.17) is 5.11 Å². The van der Waals surface area contributed by atoms with Gasteiger partial charge in [-0.15, -0.1) is 0 Å². The average molecular weight is 278 g/mol. The summed E-state index contributed by atoms with van der Waals surface area (Å²) >= 11 is 0. The maximum atomic E-state index is 12.9. The number of nitrogens with one attached hydrogen (secondary N) is 2. The molecule has 0 saturated heterocycles. The van der Waals surface area contributed by atoms with Crippen LogP contribution < -0.4 is 10.6 Å². The van der Waals surface area contributed by atoms with E-state index in [0.29, 0.717) is 19.3 Å². The molecule has 5 nitrogen and oxygen atoms in total. The summed E-state index contributed by atoms with van der Waals surface area (Å²) in [5, 5.41) is 13.6. The maximum Gasteiger partial charge on any atom is 0.326 e. The first kappa shape index (κ1) is 15.7. The Hall–Kier alpha value is -1.40. The molecule has 1 aliphatic carbocycles. The van der Waals surface area contributed by atoms with Gasteiger partial charge in [-0.05, 0) is 18.8 Å². The quantitative estimate of drug-likeness (QED) is 0.695. The van der Waals surface area contributed by atoms with Crippen molar-refractivity contribution in [3.05, 3.63) is 0 Å². The molecule has 0 aromatic carbocycles. The third-order valence-electron chi connectivity index (χ3n) is 3.24. The molecule has 0 heterocycles. The van der Waals surface area contributed by atoms with Gasteiger partial charge >= 0.3 is 12.0 Å². The van der Waals surface area contributed by atoms with Gasteiger partial charge in [-0.1, -0.05) is 13.3 Å². The molecule has 1 rings (SSSR count). The van der Waals surface area contributed by atoms with E-state index in [1.807, 2.05) is 6.92 Å². The number of halogens is 2. The lowest BCUT2D eigenvalue weighted by Gasteiger charge is -2.16. The Morgan fingerprint density at radius 3 is 2.63 bits per heavy atom. The van der Waals surface area contributed by atoms with E-state index in [1.165, 1.54) is 0 Å². The number of hydrogen-bond donors (Lipinski definition) is 3. The normalized spacial score (nSPS) is 22.8. The molecule has 19 heavy (non-hydrogen) atoms. The highest BCUT2D eigenvalue weighted by molar-refractivity contribution is 5.82. The lowest BCUT2D eigenvalue weighted by molar-refractivity contribution is -0.139. The Bertz CT molecular complexity index is 337. The molecule has 110 valence electrons. The van der Waals surface area contributed by atoms with Gasteiger partial charge in [0.05, 0.1) is 0 Å². The second kappa shape index (κ2) is 6.68. The first-order chi connectivity index (χ1) is 8.84. The fourth-order valence-electron chi connectivity index (χ4n) is 2.21. The fourth-order valence-corrected chi connectivity index (χ4v) is 2.21. The molecule has 0 aliphatic heterocycles. The Balaban J connectivity index is 2.29. The van der Waals surface area contributed by atoms with Crippen LogP contribution in [0.3, 0.4) is 0 Å². The number of alkyl halides is 2. The molecule has 1 aliphatic rings. The summed E-state index contributed by atoms with van der Waals surface area (Å²) in [6.07, 6.45) is 0.986. The molecule has 0 radical (unpaired) electrons. The highest BCUT2D eigenvalue weighted by Crippen LogP contribution is 2.38. The van der Waals surface area contributed by atoms with Crippen LogP contribution in [-0.2, 0) is 4.79 Å². The molecule has 7 heteroatoms. The van der Waals surface area contributed by atoms with Gasteiger partial charge in [0.15, 0.2) is 0 Å². The van der Waals surface area contributed by atoms with E-state index in [1.54, 1.807) is 0 Å².